The normalized spacial score (nSPS) is 17.4. The Balaban J connectivity index is 1.38. The average Bonchev–Trinajstić information content (AvgIpc) is 2.88. The highest BCUT2D eigenvalue weighted by atomic mass is 32.2. The molecule has 0 bridgehead atoms. The number of hydrogen-bond donors (Lipinski definition) is 1. The van der Waals surface area contributed by atoms with Crippen LogP contribution in [0.25, 0.3) is 0 Å². The number of aromatic nitrogens is 2. The predicted octanol–water partition coefficient (Wildman–Crippen LogP) is 2.97. The summed E-state index contributed by atoms with van der Waals surface area (Å²) >= 11 is 1.61. The van der Waals surface area contributed by atoms with E-state index in [9.17, 15) is 4.79 Å². The van der Waals surface area contributed by atoms with Gasteiger partial charge in [-0.1, -0.05) is 44.7 Å². The first-order chi connectivity index (χ1) is 16.9. The van der Waals surface area contributed by atoms with Crippen LogP contribution in [0.4, 0.5) is 5.82 Å². The fourth-order valence-electron chi connectivity index (χ4n) is 4.02. The summed E-state index contributed by atoms with van der Waals surface area (Å²) in [6.07, 6.45) is 0. The van der Waals surface area contributed by atoms with Gasteiger partial charge in [-0.3, -0.25) is 9.69 Å². The van der Waals surface area contributed by atoms with Crippen molar-refractivity contribution >= 4 is 23.5 Å². The molecule has 0 aliphatic carbocycles. The van der Waals surface area contributed by atoms with E-state index in [-0.39, 0.29) is 11.3 Å². The summed E-state index contributed by atoms with van der Waals surface area (Å²) in [6.45, 7) is 14.5. The maximum atomic E-state index is 12.7. The number of ether oxygens (including phenoxy) is 2. The van der Waals surface area contributed by atoms with E-state index in [1.54, 1.807) is 11.8 Å². The summed E-state index contributed by atoms with van der Waals surface area (Å²) in [6, 6.07) is 9.93. The molecule has 0 atom stereocenters. The number of nitrogens with zero attached hydrogens (tertiary/aromatic N) is 4. The van der Waals surface area contributed by atoms with E-state index in [4.69, 9.17) is 19.4 Å². The topological polar surface area (TPSA) is 79.8 Å². The van der Waals surface area contributed by atoms with Crippen LogP contribution in [0.1, 0.15) is 42.4 Å². The second-order valence-electron chi connectivity index (χ2n) is 9.94. The van der Waals surface area contributed by atoms with E-state index in [0.717, 1.165) is 81.4 Å². The molecule has 2 aliphatic rings. The van der Waals surface area contributed by atoms with Crippen molar-refractivity contribution in [1.82, 2.24) is 20.2 Å². The van der Waals surface area contributed by atoms with Gasteiger partial charge < -0.3 is 19.7 Å². The van der Waals surface area contributed by atoms with Gasteiger partial charge in [-0.2, -0.15) is 0 Å². The molecule has 4 rings (SSSR count). The highest BCUT2D eigenvalue weighted by Crippen LogP contribution is 2.29. The molecule has 2 fully saturated rings. The molecule has 1 amide bonds. The van der Waals surface area contributed by atoms with Crippen molar-refractivity contribution in [2.75, 3.05) is 70.6 Å². The zero-order valence-electron chi connectivity index (χ0n) is 21.1. The minimum atomic E-state index is -0.0709. The smallest absolute Gasteiger partial charge is 0.251 e. The Morgan fingerprint density at radius 1 is 1.03 bits per heavy atom. The van der Waals surface area contributed by atoms with Gasteiger partial charge in [0, 0.05) is 62.1 Å². The number of carbonyl (C=O) groups excluding carboxylic acids is 1. The van der Waals surface area contributed by atoms with Gasteiger partial charge in [0.1, 0.15) is 5.82 Å². The van der Waals surface area contributed by atoms with Gasteiger partial charge in [0.05, 0.1) is 32.1 Å². The van der Waals surface area contributed by atoms with Crippen molar-refractivity contribution in [1.29, 1.82) is 0 Å². The second kappa shape index (κ2) is 12.2. The SMILES string of the molecule is CC(C)(C)c1cc(N2CCOCC2)nc(SCc2cccc(C(=O)NCCN3CCOCC3)c2)n1. The van der Waals surface area contributed by atoms with Gasteiger partial charge in [-0.25, -0.2) is 9.97 Å². The molecule has 2 aliphatic heterocycles. The molecule has 8 nitrogen and oxygen atoms in total. The summed E-state index contributed by atoms with van der Waals surface area (Å²) in [4.78, 5) is 27.0. The number of anilines is 1. The summed E-state index contributed by atoms with van der Waals surface area (Å²) in [5.41, 5.74) is 2.72. The Kier molecular flexibility index (Phi) is 8.99. The first-order valence-electron chi connectivity index (χ1n) is 12.4. The number of thioether (sulfide) groups is 1. The fourth-order valence-corrected chi connectivity index (χ4v) is 4.82. The van der Waals surface area contributed by atoms with Gasteiger partial charge in [0.25, 0.3) is 5.91 Å². The Morgan fingerprint density at radius 3 is 2.46 bits per heavy atom. The summed E-state index contributed by atoms with van der Waals surface area (Å²) in [7, 11) is 0. The van der Waals surface area contributed by atoms with Crippen molar-refractivity contribution in [3.63, 3.8) is 0 Å². The first-order valence-corrected chi connectivity index (χ1v) is 13.4. The number of benzene rings is 1. The number of morpholine rings is 2. The lowest BCUT2D eigenvalue weighted by Gasteiger charge is -2.29. The highest BCUT2D eigenvalue weighted by molar-refractivity contribution is 7.98. The summed E-state index contributed by atoms with van der Waals surface area (Å²) in [5, 5.41) is 3.81. The minimum absolute atomic E-state index is 0.0364. The zero-order chi connectivity index (χ0) is 24.7. The monoisotopic (exact) mass is 499 g/mol. The van der Waals surface area contributed by atoms with Crippen LogP contribution in [-0.2, 0) is 20.6 Å². The van der Waals surface area contributed by atoms with Crippen LogP contribution in [0.3, 0.4) is 0 Å². The van der Waals surface area contributed by atoms with Crippen LogP contribution in [0.5, 0.6) is 0 Å². The summed E-state index contributed by atoms with van der Waals surface area (Å²) in [5.74, 6) is 1.63. The maximum Gasteiger partial charge on any atom is 0.251 e. The van der Waals surface area contributed by atoms with Crippen LogP contribution in [0, 0.1) is 0 Å². The van der Waals surface area contributed by atoms with E-state index in [1.807, 2.05) is 24.3 Å². The molecule has 2 saturated heterocycles. The van der Waals surface area contributed by atoms with Crippen LogP contribution < -0.4 is 10.2 Å². The third-order valence-corrected chi connectivity index (χ3v) is 7.09. The van der Waals surface area contributed by atoms with Crippen LogP contribution in [-0.4, -0.2) is 86.5 Å². The van der Waals surface area contributed by atoms with Gasteiger partial charge in [0.15, 0.2) is 5.16 Å². The van der Waals surface area contributed by atoms with Crippen molar-refractivity contribution < 1.29 is 14.3 Å². The van der Waals surface area contributed by atoms with E-state index < -0.39 is 0 Å². The predicted molar refractivity (Wildman–Crippen MR) is 139 cm³/mol. The quantitative estimate of drug-likeness (QED) is 0.439. The average molecular weight is 500 g/mol. The third kappa shape index (κ3) is 7.64. The molecule has 0 saturated carbocycles. The standard InChI is InChI=1S/C26H37N5O3S/c1-26(2,3)22-18-23(31-11-15-34-16-12-31)29-25(28-22)35-19-20-5-4-6-21(17-20)24(32)27-7-8-30-9-13-33-14-10-30/h4-6,17-18H,7-16,19H2,1-3H3,(H,27,32). The number of nitrogens with one attached hydrogen (secondary N) is 1. The number of amides is 1. The zero-order valence-corrected chi connectivity index (χ0v) is 21.9. The van der Waals surface area contributed by atoms with Gasteiger partial charge in [-0.15, -0.1) is 0 Å². The van der Waals surface area contributed by atoms with Gasteiger partial charge in [-0.05, 0) is 17.7 Å². The molecule has 1 aromatic heterocycles. The Bertz CT molecular complexity index is 985. The van der Waals surface area contributed by atoms with E-state index in [1.165, 1.54) is 0 Å². The fraction of sp³-hybridized carbons (Fsp3) is 0.577. The van der Waals surface area contributed by atoms with Crippen LogP contribution >= 0.6 is 11.8 Å². The van der Waals surface area contributed by atoms with Crippen molar-refractivity contribution in [3.8, 4) is 0 Å². The molecule has 1 N–H and O–H groups in total. The molecular formula is C26H37N5O3S. The largest absolute Gasteiger partial charge is 0.379 e. The van der Waals surface area contributed by atoms with Crippen LogP contribution in [0.2, 0.25) is 0 Å². The molecule has 35 heavy (non-hydrogen) atoms. The Morgan fingerprint density at radius 2 is 1.74 bits per heavy atom. The molecular weight excluding hydrogens is 462 g/mol. The lowest BCUT2D eigenvalue weighted by Crippen LogP contribution is -2.41. The maximum absolute atomic E-state index is 12.7. The first kappa shape index (κ1) is 25.9. The van der Waals surface area contributed by atoms with E-state index in [2.05, 4.69) is 42.0 Å². The third-order valence-electron chi connectivity index (χ3n) is 6.17. The Labute approximate surface area is 212 Å². The molecule has 190 valence electrons. The van der Waals surface area contributed by atoms with E-state index in [0.29, 0.717) is 17.9 Å². The molecule has 0 spiro atoms. The molecule has 2 aromatic rings. The molecule has 9 heteroatoms. The second-order valence-corrected chi connectivity index (χ2v) is 10.9. The van der Waals surface area contributed by atoms with Crippen molar-refractivity contribution in [2.24, 2.45) is 0 Å². The Hall–Kier alpha value is -2.20. The summed E-state index contributed by atoms with van der Waals surface area (Å²) < 4.78 is 10.9. The molecule has 0 unspecified atom stereocenters. The van der Waals surface area contributed by atoms with Crippen molar-refractivity contribution in [2.45, 2.75) is 37.1 Å². The lowest BCUT2D eigenvalue weighted by atomic mass is 9.92. The number of carbonyl (C=O) groups is 1. The van der Waals surface area contributed by atoms with Gasteiger partial charge >= 0.3 is 0 Å². The van der Waals surface area contributed by atoms with Gasteiger partial charge in [0.2, 0.25) is 0 Å². The number of hydrogen-bond acceptors (Lipinski definition) is 8. The lowest BCUT2D eigenvalue weighted by molar-refractivity contribution is 0.0383. The van der Waals surface area contributed by atoms with E-state index >= 15 is 0 Å². The molecule has 0 radical (unpaired) electrons. The van der Waals surface area contributed by atoms with Crippen LogP contribution in [0.15, 0.2) is 35.5 Å². The number of rotatable bonds is 8. The minimum Gasteiger partial charge on any atom is -0.379 e. The molecule has 3 heterocycles. The molecule has 1 aromatic carbocycles. The highest BCUT2D eigenvalue weighted by Gasteiger charge is 2.21. The van der Waals surface area contributed by atoms with Crippen molar-refractivity contribution in [3.05, 3.63) is 47.2 Å².